The lowest BCUT2D eigenvalue weighted by atomic mass is 10.4. The van der Waals surface area contributed by atoms with Gasteiger partial charge in [-0.15, -0.1) is 0 Å². The minimum Gasteiger partial charge on any atom is -0.461 e. The molecule has 0 N–H and O–H groups in total. The molecule has 0 unspecified atom stereocenters. The van der Waals surface area contributed by atoms with Crippen molar-refractivity contribution in [2.24, 2.45) is 0 Å². The first kappa shape index (κ1) is 14.0. The fourth-order valence-corrected chi connectivity index (χ4v) is 0.802. The van der Waals surface area contributed by atoms with Gasteiger partial charge in [0.2, 0.25) is 0 Å². The Morgan fingerprint density at radius 1 is 1.47 bits per heavy atom. The Kier molecular flexibility index (Phi) is 5.35. The van der Waals surface area contributed by atoms with Gasteiger partial charge in [0.15, 0.2) is 0 Å². The summed E-state index contributed by atoms with van der Waals surface area (Å²) < 4.78 is 40.2. The summed E-state index contributed by atoms with van der Waals surface area (Å²) >= 11 is 0. The van der Waals surface area contributed by atoms with Crippen LogP contribution in [-0.2, 0) is 9.53 Å². The zero-order chi connectivity index (χ0) is 12.1. The first-order chi connectivity index (χ1) is 6.72. The summed E-state index contributed by atoms with van der Waals surface area (Å²) in [7, 11) is 1.31. The first-order valence-corrected chi connectivity index (χ1v) is 4.30. The lowest BCUT2D eigenvalue weighted by Crippen LogP contribution is -2.33. The fourth-order valence-electron chi connectivity index (χ4n) is 0.802. The van der Waals surface area contributed by atoms with Crippen LogP contribution in [0.4, 0.5) is 13.2 Å². The Morgan fingerprint density at radius 2 is 2.00 bits per heavy atom. The van der Waals surface area contributed by atoms with Gasteiger partial charge >= 0.3 is 12.1 Å². The van der Waals surface area contributed by atoms with E-state index in [-0.39, 0.29) is 18.7 Å². The Balaban J connectivity index is 3.69. The predicted molar refractivity (Wildman–Crippen MR) is 49.3 cm³/mol. The van der Waals surface area contributed by atoms with Crippen molar-refractivity contribution in [3.63, 3.8) is 0 Å². The summed E-state index contributed by atoms with van der Waals surface area (Å²) in [6, 6.07) is 0. The van der Waals surface area contributed by atoms with Crippen LogP contribution in [0.1, 0.15) is 6.92 Å². The smallest absolute Gasteiger partial charge is 0.401 e. The highest BCUT2D eigenvalue weighted by Gasteiger charge is 2.28. The molecule has 0 aromatic carbocycles. The van der Waals surface area contributed by atoms with E-state index in [0.717, 1.165) is 4.90 Å². The number of carbonyl (C=O) groups excluding carboxylic acids is 1. The number of esters is 1. The number of hydrogen-bond acceptors (Lipinski definition) is 3. The molecule has 0 amide bonds. The molecule has 0 heterocycles. The predicted octanol–water partition coefficient (Wildman–Crippen LogP) is 1.60. The van der Waals surface area contributed by atoms with Gasteiger partial charge in [-0.3, -0.25) is 4.90 Å². The summed E-state index contributed by atoms with van der Waals surface area (Å²) in [5, 5.41) is 0. The SMILES string of the molecule is C=C(C)C(=O)OCCN(C)CC(F)(F)F. The fraction of sp³-hybridized carbons (Fsp3) is 0.667. The van der Waals surface area contributed by atoms with Crippen molar-refractivity contribution >= 4 is 5.97 Å². The van der Waals surface area contributed by atoms with Gasteiger partial charge < -0.3 is 4.74 Å². The Hall–Kier alpha value is -1.04. The van der Waals surface area contributed by atoms with Crippen molar-refractivity contribution in [1.29, 1.82) is 0 Å². The third-order valence-electron chi connectivity index (χ3n) is 1.50. The second-order valence-corrected chi connectivity index (χ2v) is 3.27. The molecule has 0 aliphatic carbocycles. The Labute approximate surface area is 86.5 Å². The van der Waals surface area contributed by atoms with Gasteiger partial charge in [0, 0.05) is 12.1 Å². The minimum absolute atomic E-state index is 0.0402. The van der Waals surface area contributed by atoms with Crippen molar-refractivity contribution in [3.8, 4) is 0 Å². The van der Waals surface area contributed by atoms with Crippen LogP contribution in [-0.4, -0.2) is 43.8 Å². The highest BCUT2D eigenvalue weighted by Crippen LogP contribution is 2.15. The van der Waals surface area contributed by atoms with E-state index in [0.29, 0.717) is 0 Å². The zero-order valence-electron chi connectivity index (χ0n) is 8.73. The van der Waals surface area contributed by atoms with E-state index in [9.17, 15) is 18.0 Å². The van der Waals surface area contributed by atoms with Crippen molar-refractivity contribution in [2.75, 3.05) is 26.7 Å². The van der Waals surface area contributed by atoms with Crippen LogP contribution in [0.5, 0.6) is 0 Å². The summed E-state index contributed by atoms with van der Waals surface area (Å²) in [5.74, 6) is -0.588. The van der Waals surface area contributed by atoms with Crippen LogP contribution in [0.2, 0.25) is 0 Å². The number of likely N-dealkylation sites (N-methyl/N-ethyl adjacent to an activating group) is 1. The number of halogens is 3. The molecule has 3 nitrogen and oxygen atoms in total. The lowest BCUT2D eigenvalue weighted by Gasteiger charge is -2.18. The summed E-state index contributed by atoms with van der Waals surface area (Å²) in [6.07, 6.45) is -4.23. The van der Waals surface area contributed by atoms with E-state index in [1.54, 1.807) is 0 Å². The molecule has 0 fully saturated rings. The molecule has 0 rings (SSSR count). The quantitative estimate of drug-likeness (QED) is 0.525. The number of nitrogens with zero attached hydrogens (tertiary/aromatic N) is 1. The molecular formula is C9H14F3NO2. The van der Waals surface area contributed by atoms with Crippen LogP contribution in [0.15, 0.2) is 12.2 Å². The molecule has 0 bridgehead atoms. The molecule has 6 heteroatoms. The van der Waals surface area contributed by atoms with Crippen LogP contribution in [0, 0.1) is 0 Å². The van der Waals surface area contributed by atoms with Gasteiger partial charge in [-0.1, -0.05) is 6.58 Å². The maximum Gasteiger partial charge on any atom is 0.401 e. The van der Waals surface area contributed by atoms with E-state index in [1.165, 1.54) is 14.0 Å². The molecular weight excluding hydrogens is 211 g/mol. The van der Waals surface area contributed by atoms with Crippen molar-refractivity contribution in [1.82, 2.24) is 4.90 Å². The molecule has 0 aliphatic heterocycles. The molecule has 0 radical (unpaired) electrons. The Morgan fingerprint density at radius 3 is 2.40 bits per heavy atom. The van der Waals surface area contributed by atoms with E-state index in [1.807, 2.05) is 0 Å². The number of alkyl halides is 3. The molecule has 0 aromatic heterocycles. The van der Waals surface area contributed by atoms with Gasteiger partial charge in [-0.2, -0.15) is 13.2 Å². The van der Waals surface area contributed by atoms with Crippen LogP contribution in [0.25, 0.3) is 0 Å². The van der Waals surface area contributed by atoms with Crippen molar-refractivity contribution < 1.29 is 22.7 Å². The van der Waals surface area contributed by atoms with E-state index in [4.69, 9.17) is 0 Å². The molecule has 0 aliphatic rings. The summed E-state index contributed by atoms with van der Waals surface area (Å²) in [5.41, 5.74) is 0.230. The topological polar surface area (TPSA) is 29.5 Å². The normalized spacial score (nSPS) is 11.6. The third-order valence-corrected chi connectivity index (χ3v) is 1.50. The van der Waals surface area contributed by atoms with Crippen molar-refractivity contribution in [2.45, 2.75) is 13.1 Å². The number of hydrogen-bond donors (Lipinski definition) is 0. The van der Waals surface area contributed by atoms with Crippen LogP contribution in [0.3, 0.4) is 0 Å². The van der Waals surface area contributed by atoms with E-state index < -0.39 is 18.7 Å². The number of ether oxygens (including phenoxy) is 1. The molecule has 0 saturated heterocycles. The molecule has 15 heavy (non-hydrogen) atoms. The number of carbonyl (C=O) groups is 1. The standard InChI is InChI=1S/C9H14F3NO2/c1-7(2)8(14)15-5-4-13(3)6-9(10,11)12/h1,4-6H2,2-3H3. The maximum atomic E-state index is 11.9. The Bertz CT molecular complexity index is 238. The van der Waals surface area contributed by atoms with Gasteiger partial charge in [-0.05, 0) is 14.0 Å². The number of rotatable bonds is 5. The minimum atomic E-state index is -4.23. The van der Waals surface area contributed by atoms with Gasteiger partial charge in [0.05, 0.1) is 6.54 Å². The summed E-state index contributed by atoms with van der Waals surface area (Å²) in [6.45, 7) is 3.77. The third kappa shape index (κ3) is 7.99. The molecule has 0 aromatic rings. The second kappa shape index (κ2) is 5.75. The molecule has 0 atom stereocenters. The van der Waals surface area contributed by atoms with Crippen LogP contribution >= 0.6 is 0 Å². The van der Waals surface area contributed by atoms with E-state index in [2.05, 4.69) is 11.3 Å². The second-order valence-electron chi connectivity index (χ2n) is 3.27. The first-order valence-electron chi connectivity index (χ1n) is 4.30. The highest BCUT2D eigenvalue weighted by atomic mass is 19.4. The molecule has 0 spiro atoms. The van der Waals surface area contributed by atoms with E-state index >= 15 is 0 Å². The molecule has 0 saturated carbocycles. The van der Waals surface area contributed by atoms with Gasteiger partial charge in [0.25, 0.3) is 0 Å². The largest absolute Gasteiger partial charge is 0.461 e. The summed E-state index contributed by atoms with van der Waals surface area (Å²) in [4.78, 5) is 11.9. The monoisotopic (exact) mass is 225 g/mol. The van der Waals surface area contributed by atoms with Gasteiger partial charge in [0.1, 0.15) is 6.61 Å². The average molecular weight is 225 g/mol. The van der Waals surface area contributed by atoms with Crippen LogP contribution < -0.4 is 0 Å². The lowest BCUT2D eigenvalue weighted by molar-refractivity contribution is -0.147. The zero-order valence-corrected chi connectivity index (χ0v) is 8.73. The average Bonchev–Trinajstić information content (AvgIpc) is 2.00. The van der Waals surface area contributed by atoms with Gasteiger partial charge in [-0.25, -0.2) is 4.79 Å². The highest BCUT2D eigenvalue weighted by molar-refractivity contribution is 5.86. The molecule has 88 valence electrons. The van der Waals surface area contributed by atoms with Crippen molar-refractivity contribution in [3.05, 3.63) is 12.2 Å². The maximum absolute atomic E-state index is 11.9.